The van der Waals surface area contributed by atoms with Crippen molar-refractivity contribution in [2.24, 2.45) is 11.0 Å². The second-order valence-corrected chi connectivity index (χ2v) is 3.31. The molecule has 1 rings (SSSR count). The Hall–Kier alpha value is -0.730. The van der Waals surface area contributed by atoms with E-state index in [4.69, 9.17) is 0 Å². The molecule has 1 aliphatic heterocycles. The highest BCUT2D eigenvalue weighted by Crippen LogP contribution is 2.17. The van der Waals surface area contributed by atoms with Crippen molar-refractivity contribution >= 4 is 6.34 Å². The van der Waals surface area contributed by atoms with E-state index in [0.29, 0.717) is 12.1 Å². The van der Waals surface area contributed by atoms with Gasteiger partial charge in [0.05, 0.1) is 0 Å². The first-order valence-electron chi connectivity index (χ1n) is 4.19. The molecule has 0 saturated heterocycles. The van der Waals surface area contributed by atoms with E-state index < -0.39 is 0 Å². The van der Waals surface area contributed by atoms with Gasteiger partial charge in [-0.2, -0.15) is 5.10 Å². The van der Waals surface area contributed by atoms with Crippen LogP contribution < -0.4 is 0 Å². The average molecular weight is 155 g/mol. The molecule has 0 aromatic rings. The number of hydrazone groups is 1. The van der Waals surface area contributed by atoms with Crippen molar-refractivity contribution in [1.82, 2.24) is 9.91 Å². The van der Waals surface area contributed by atoms with E-state index in [1.165, 1.54) is 0 Å². The zero-order chi connectivity index (χ0) is 8.43. The molecule has 0 radical (unpaired) electrons. The van der Waals surface area contributed by atoms with Gasteiger partial charge in [0.15, 0.2) is 0 Å². The summed E-state index contributed by atoms with van der Waals surface area (Å²) in [7, 11) is 2.07. The third-order valence-electron chi connectivity index (χ3n) is 2.03. The molecule has 1 unspecified atom stereocenters. The third-order valence-corrected chi connectivity index (χ3v) is 2.03. The Bertz CT molecular complexity index is 153. The van der Waals surface area contributed by atoms with Gasteiger partial charge < -0.3 is 4.90 Å². The van der Waals surface area contributed by atoms with Crippen molar-refractivity contribution in [3.63, 3.8) is 0 Å². The van der Waals surface area contributed by atoms with Crippen LogP contribution in [-0.4, -0.2) is 36.0 Å². The highest BCUT2D eigenvalue weighted by Gasteiger charge is 2.26. The van der Waals surface area contributed by atoms with E-state index in [-0.39, 0.29) is 0 Å². The lowest BCUT2D eigenvalue weighted by atomic mass is 10.1. The predicted octanol–water partition coefficient (Wildman–Crippen LogP) is 1.18. The SMILES string of the molecule is CCN1N=CN(C)C1C(C)C. The van der Waals surface area contributed by atoms with Gasteiger partial charge in [-0.1, -0.05) is 13.8 Å². The molecule has 0 amide bonds. The molecule has 1 heterocycles. The minimum absolute atomic E-state index is 0.458. The summed E-state index contributed by atoms with van der Waals surface area (Å²) in [6, 6.07) is 0. The van der Waals surface area contributed by atoms with Crippen molar-refractivity contribution < 1.29 is 0 Å². The molecule has 11 heavy (non-hydrogen) atoms. The smallest absolute Gasteiger partial charge is 0.121 e. The summed E-state index contributed by atoms with van der Waals surface area (Å²) in [5.41, 5.74) is 0. The van der Waals surface area contributed by atoms with Gasteiger partial charge in [-0.25, -0.2) is 0 Å². The maximum Gasteiger partial charge on any atom is 0.121 e. The first kappa shape index (κ1) is 8.37. The standard InChI is InChI=1S/C8H17N3/c1-5-11-8(7(2)3)10(4)6-9-11/h6-8H,5H2,1-4H3. The van der Waals surface area contributed by atoms with Gasteiger partial charge in [-0.05, 0) is 12.8 Å². The van der Waals surface area contributed by atoms with Gasteiger partial charge in [0, 0.05) is 13.6 Å². The van der Waals surface area contributed by atoms with Crippen molar-refractivity contribution in [1.29, 1.82) is 0 Å². The fourth-order valence-corrected chi connectivity index (χ4v) is 1.58. The second-order valence-electron chi connectivity index (χ2n) is 3.31. The third kappa shape index (κ3) is 1.47. The van der Waals surface area contributed by atoms with Gasteiger partial charge in [0.2, 0.25) is 0 Å². The van der Waals surface area contributed by atoms with Crippen molar-refractivity contribution in [3.8, 4) is 0 Å². The molecular weight excluding hydrogens is 138 g/mol. The zero-order valence-corrected chi connectivity index (χ0v) is 7.78. The molecule has 3 nitrogen and oxygen atoms in total. The van der Waals surface area contributed by atoms with E-state index in [1.807, 2.05) is 6.34 Å². The first-order valence-corrected chi connectivity index (χ1v) is 4.19. The highest BCUT2D eigenvalue weighted by molar-refractivity contribution is 5.56. The summed E-state index contributed by atoms with van der Waals surface area (Å²) in [4.78, 5) is 2.16. The van der Waals surface area contributed by atoms with Gasteiger partial charge in [-0.3, -0.25) is 5.01 Å². The lowest BCUT2D eigenvalue weighted by Gasteiger charge is -2.30. The Morgan fingerprint density at radius 2 is 2.18 bits per heavy atom. The maximum absolute atomic E-state index is 4.27. The summed E-state index contributed by atoms with van der Waals surface area (Å²) in [6.45, 7) is 7.56. The molecule has 64 valence electrons. The van der Waals surface area contributed by atoms with Crippen LogP contribution in [0.15, 0.2) is 5.10 Å². The number of nitrogens with zero attached hydrogens (tertiary/aromatic N) is 3. The lowest BCUT2D eigenvalue weighted by molar-refractivity contribution is 0.109. The quantitative estimate of drug-likeness (QED) is 0.596. The molecule has 0 aromatic carbocycles. The van der Waals surface area contributed by atoms with Crippen LogP contribution in [0, 0.1) is 5.92 Å². The van der Waals surface area contributed by atoms with Crippen LogP contribution in [0.3, 0.4) is 0 Å². The van der Waals surface area contributed by atoms with E-state index >= 15 is 0 Å². The Balaban J connectivity index is 2.62. The van der Waals surface area contributed by atoms with E-state index in [0.717, 1.165) is 6.54 Å². The van der Waals surface area contributed by atoms with Crippen molar-refractivity contribution in [2.45, 2.75) is 26.9 Å². The topological polar surface area (TPSA) is 18.8 Å². The van der Waals surface area contributed by atoms with Crippen LogP contribution in [0.2, 0.25) is 0 Å². The van der Waals surface area contributed by atoms with Crippen LogP contribution in [-0.2, 0) is 0 Å². The van der Waals surface area contributed by atoms with Gasteiger partial charge in [-0.15, -0.1) is 0 Å². The summed E-state index contributed by atoms with van der Waals surface area (Å²) >= 11 is 0. The van der Waals surface area contributed by atoms with Gasteiger partial charge in [0.1, 0.15) is 12.5 Å². The summed E-state index contributed by atoms with van der Waals surface area (Å²) in [5.74, 6) is 0.627. The highest BCUT2D eigenvalue weighted by atomic mass is 15.6. The fraction of sp³-hybridized carbons (Fsp3) is 0.875. The van der Waals surface area contributed by atoms with Gasteiger partial charge >= 0.3 is 0 Å². The predicted molar refractivity (Wildman–Crippen MR) is 47.3 cm³/mol. The summed E-state index contributed by atoms with van der Waals surface area (Å²) in [5, 5.41) is 6.39. The summed E-state index contributed by atoms with van der Waals surface area (Å²) in [6.07, 6.45) is 2.36. The molecule has 0 saturated carbocycles. The van der Waals surface area contributed by atoms with Gasteiger partial charge in [0.25, 0.3) is 0 Å². The molecule has 1 atom stereocenters. The van der Waals surface area contributed by atoms with Crippen molar-refractivity contribution in [3.05, 3.63) is 0 Å². The van der Waals surface area contributed by atoms with Crippen molar-refractivity contribution in [2.75, 3.05) is 13.6 Å². The molecule has 0 spiro atoms. The Kier molecular flexibility index (Phi) is 2.37. The molecule has 0 aliphatic carbocycles. The molecule has 1 aliphatic rings. The second kappa shape index (κ2) is 3.11. The number of hydrogen-bond donors (Lipinski definition) is 0. The fourth-order valence-electron chi connectivity index (χ4n) is 1.58. The lowest BCUT2D eigenvalue weighted by Crippen LogP contribution is -2.41. The monoisotopic (exact) mass is 155 g/mol. The molecule has 0 bridgehead atoms. The molecular formula is C8H17N3. The van der Waals surface area contributed by atoms with Crippen LogP contribution >= 0.6 is 0 Å². The largest absolute Gasteiger partial charge is 0.342 e. The minimum Gasteiger partial charge on any atom is -0.342 e. The molecule has 0 N–H and O–H groups in total. The zero-order valence-electron chi connectivity index (χ0n) is 7.78. The van der Waals surface area contributed by atoms with Crippen LogP contribution in [0.1, 0.15) is 20.8 Å². The normalized spacial score (nSPS) is 23.9. The average Bonchev–Trinajstić information content (AvgIpc) is 2.30. The molecule has 0 aromatic heterocycles. The van der Waals surface area contributed by atoms with Crippen LogP contribution in [0.25, 0.3) is 0 Å². The van der Waals surface area contributed by atoms with Crippen LogP contribution in [0.4, 0.5) is 0 Å². The number of rotatable bonds is 2. The molecule has 0 fully saturated rings. The Morgan fingerprint density at radius 3 is 2.55 bits per heavy atom. The Morgan fingerprint density at radius 1 is 1.55 bits per heavy atom. The maximum atomic E-state index is 4.27. The molecule has 3 heteroatoms. The van der Waals surface area contributed by atoms with Crippen LogP contribution in [0.5, 0.6) is 0 Å². The summed E-state index contributed by atoms with van der Waals surface area (Å²) < 4.78 is 0. The first-order chi connectivity index (χ1) is 5.16. The number of hydrogen-bond acceptors (Lipinski definition) is 3. The van der Waals surface area contributed by atoms with E-state index in [2.05, 4.69) is 42.8 Å². The van der Waals surface area contributed by atoms with E-state index in [9.17, 15) is 0 Å². The Labute approximate surface area is 68.7 Å². The van der Waals surface area contributed by atoms with E-state index in [1.54, 1.807) is 0 Å². The minimum atomic E-state index is 0.458.